The Labute approximate surface area is 214 Å². The second kappa shape index (κ2) is 12.3. The van der Waals surface area contributed by atoms with Crippen molar-refractivity contribution in [3.8, 4) is 11.5 Å². The number of phenolic OH excluding ortho intramolecular Hbond substituents is 1. The van der Waals surface area contributed by atoms with Gasteiger partial charge in [0.25, 0.3) is 0 Å². The minimum atomic E-state index is -0.862. The van der Waals surface area contributed by atoms with Crippen molar-refractivity contribution in [2.75, 3.05) is 23.5 Å². The van der Waals surface area contributed by atoms with Gasteiger partial charge in [0.15, 0.2) is 17.3 Å². The molecule has 9 nitrogen and oxygen atoms in total. The molecule has 0 saturated heterocycles. The van der Waals surface area contributed by atoms with Gasteiger partial charge >= 0.3 is 6.09 Å². The van der Waals surface area contributed by atoms with Crippen LogP contribution in [-0.2, 0) is 9.53 Å². The molecular formula is C28H29N3O6. The van der Waals surface area contributed by atoms with Crippen LogP contribution >= 0.6 is 0 Å². The number of amides is 2. The standard InChI is InChI=1S/C28H29N3O6/c1-17(8-15-26(34)31-23-7-5-4-6-22(23)29)27(20-11-14-25(36-3)24(33)16-20)37-28(35)30-21-12-9-19(10-13-21)18(2)32/h4-17,27,33H,29H2,1-3H3,(H,30,35)(H,31,34)/b15-8+/t17-,27+/m1/s1. The summed E-state index contributed by atoms with van der Waals surface area (Å²) in [4.78, 5) is 36.7. The smallest absolute Gasteiger partial charge is 0.412 e. The van der Waals surface area contributed by atoms with Gasteiger partial charge in [0, 0.05) is 17.2 Å². The molecule has 0 aromatic heterocycles. The number of ketones is 1. The Kier molecular flexibility index (Phi) is 8.88. The van der Waals surface area contributed by atoms with Gasteiger partial charge in [-0.25, -0.2) is 4.79 Å². The number of nitrogens with two attached hydrogens (primary N) is 1. The Morgan fingerprint density at radius 1 is 1.00 bits per heavy atom. The van der Waals surface area contributed by atoms with Gasteiger partial charge in [-0.05, 0) is 67.1 Å². The molecule has 0 aliphatic rings. The normalized spacial score (nSPS) is 12.4. The van der Waals surface area contributed by atoms with E-state index in [4.69, 9.17) is 15.2 Å². The van der Waals surface area contributed by atoms with Crippen molar-refractivity contribution in [3.05, 3.63) is 90.0 Å². The summed E-state index contributed by atoms with van der Waals surface area (Å²) in [5.41, 5.74) is 8.23. The van der Waals surface area contributed by atoms with Crippen LogP contribution in [0, 0.1) is 5.92 Å². The molecule has 5 N–H and O–H groups in total. The van der Waals surface area contributed by atoms with Gasteiger partial charge in [-0.3, -0.25) is 14.9 Å². The summed E-state index contributed by atoms with van der Waals surface area (Å²) in [5, 5.41) is 15.6. The molecule has 3 aromatic rings. The fourth-order valence-corrected chi connectivity index (χ4v) is 3.54. The van der Waals surface area contributed by atoms with Gasteiger partial charge in [0.1, 0.15) is 6.10 Å². The van der Waals surface area contributed by atoms with Crippen molar-refractivity contribution in [2.24, 2.45) is 5.92 Å². The number of benzene rings is 3. The summed E-state index contributed by atoms with van der Waals surface area (Å²) in [5.74, 6) is -0.829. The molecule has 2 amide bonds. The fraction of sp³-hybridized carbons (Fsp3) is 0.179. The Morgan fingerprint density at radius 3 is 2.32 bits per heavy atom. The van der Waals surface area contributed by atoms with Crippen LogP contribution in [-0.4, -0.2) is 30.0 Å². The van der Waals surface area contributed by atoms with Crippen molar-refractivity contribution in [3.63, 3.8) is 0 Å². The molecule has 0 unspecified atom stereocenters. The largest absolute Gasteiger partial charge is 0.504 e. The Hall–Kier alpha value is -4.79. The number of carbonyl (C=O) groups excluding carboxylic acids is 3. The monoisotopic (exact) mass is 503 g/mol. The van der Waals surface area contributed by atoms with Gasteiger partial charge in [0.05, 0.1) is 18.5 Å². The third-order valence-electron chi connectivity index (χ3n) is 5.55. The molecule has 192 valence electrons. The Morgan fingerprint density at radius 2 is 1.70 bits per heavy atom. The third kappa shape index (κ3) is 7.35. The zero-order chi connectivity index (χ0) is 26.9. The van der Waals surface area contributed by atoms with Crippen molar-refractivity contribution in [2.45, 2.75) is 20.0 Å². The summed E-state index contributed by atoms with van der Waals surface area (Å²) in [6, 6.07) is 17.9. The van der Waals surface area contributed by atoms with Crippen LogP contribution in [0.5, 0.6) is 11.5 Å². The van der Waals surface area contributed by atoms with E-state index >= 15 is 0 Å². The number of methoxy groups -OCH3 is 1. The maximum Gasteiger partial charge on any atom is 0.412 e. The summed E-state index contributed by atoms with van der Waals surface area (Å²) < 4.78 is 10.8. The van der Waals surface area contributed by atoms with E-state index in [1.165, 1.54) is 26.2 Å². The lowest BCUT2D eigenvalue weighted by molar-refractivity contribution is -0.111. The van der Waals surface area contributed by atoms with Crippen LogP contribution in [0.2, 0.25) is 0 Å². The second-order valence-corrected chi connectivity index (χ2v) is 8.31. The molecule has 9 heteroatoms. The molecule has 0 aliphatic heterocycles. The maximum atomic E-state index is 12.7. The first-order chi connectivity index (χ1) is 17.7. The van der Waals surface area contributed by atoms with E-state index in [0.717, 1.165) is 0 Å². The highest BCUT2D eigenvalue weighted by Crippen LogP contribution is 2.34. The van der Waals surface area contributed by atoms with Crippen molar-refractivity contribution >= 4 is 34.8 Å². The lowest BCUT2D eigenvalue weighted by atomic mass is 9.96. The highest BCUT2D eigenvalue weighted by molar-refractivity contribution is 6.01. The number of anilines is 3. The lowest BCUT2D eigenvalue weighted by Gasteiger charge is -2.23. The van der Waals surface area contributed by atoms with E-state index < -0.39 is 24.0 Å². The summed E-state index contributed by atoms with van der Waals surface area (Å²) in [6.07, 6.45) is 1.31. The molecule has 2 atom stereocenters. The zero-order valence-electron chi connectivity index (χ0n) is 20.7. The number of nitrogen functional groups attached to an aromatic ring is 1. The van der Waals surface area contributed by atoms with Crippen molar-refractivity contribution in [1.82, 2.24) is 0 Å². The highest BCUT2D eigenvalue weighted by Gasteiger charge is 2.24. The van der Waals surface area contributed by atoms with Crippen LogP contribution in [0.3, 0.4) is 0 Å². The Balaban J connectivity index is 1.78. The van der Waals surface area contributed by atoms with E-state index in [9.17, 15) is 19.5 Å². The van der Waals surface area contributed by atoms with E-state index in [1.807, 2.05) is 0 Å². The number of Topliss-reactive ketones (excluding diaryl/α,β-unsaturated/α-hetero) is 1. The van der Waals surface area contributed by atoms with E-state index in [0.29, 0.717) is 28.2 Å². The predicted molar refractivity (Wildman–Crippen MR) is 142 cm³/mol. The number of rotatable bonds is 9. The summed E-state index contributed by atoms with van der Waals surface area (Å²) >= 11 is 0. The van der Waals surface area contributed by atoms with Crippen LogP contribution in [0.25, 0.3) is 0 Å². The molecule has 0 saturated carbocycles. The van der Waals surface area contributed by atoms with Gasteiger partial charge < -0.3 is 25.6 Å². The summed E-state index contributed by atoms with van der Waals surface area (Å²) in [6.45, 7) is 3.22. The average Bonchev–Trinajstić information content (AvgIpc) is 2.87. The zero-order valence-corrected chi connectivity index (χ0v) is 20.7. The highest BCUT2D eigenvalue weighted by atomic mass is 16.6. The molecule has 0 heterocycles. The average molecular weight is 504 g/mol. The van der Waals surface area contributed by atoms with Gasteiger partial charge in [-0.1, -0.05) is 31.2 Å². The Bertz CT molecular complexity index is 1300. The SMILES string of the molecule is COc1ccc([C@@H](OC(=O)Nc2ccc(C(C)=O)cc2)[C@H](C)/C=C/C(=O)Nc2ccccc2N)cc1O. The van der Waals surface area contributed by atoms with Gasteiger partial charge in [-0.15, -0.1) is 0 Å². The molecule has 37 heavy (non-hydrogen) atoms. The molecular weight excluding hydrogens is 474 g/mol. The van der Waals surface area contributed by atoms with Gasteiger partial charge in [-0.2, -0.15) is 0 Å². The fourth-order valence-electron chi connectivity index (χ4n) is 3.54. The number of hydrogen-bond donors (Lipinski definition) is 4. The third-order valence-corrected chi connectivity index (χ3v) is 5.55. The van der Waals surface area contributed by atoms with Crippen molar-refractivity contribution in [1.29, 1.82) is 0 Å². The maximum absolute atomic E-state index is 12.7. The van der Waals surface area contributed by atoms with Crippen LogP contribution in [0.1, 0.15) is 35.9 Å². The van der Waals surface area contributed by atoms with E-state index in [1.54, 1.807) is 73.7 Å². The number of carbonyl (C=O) groups is 3. The quantitative estimate of drug-likeness (QED) is 0.176. The minimum Gasteiger partial charge on any atom is -0.504 e. The number of nitrogens with one attached hydrogen (secondary N) is 2. The van der Waals surface area contributed by atoms with Crippen LogP contribution in [0.4, 0.5) is 21.9 Å². The summed E-state index contributed by atoms with van der Waals surface area (Å²) in [7, 11) is 1.43. The number of phenols is 1. The van der Waals surface area contributed by atoms with E-state index in [-0.39, 0.29) is 17.3 Å². The predicted octanol–water partition coefficient (Wildman–Crippen LogP) is 5.31. The lowest BCUT2D eigenvalue weighted by Crippen LogP contribution is -2.21. The second-order valence-electron chi connectivity index (χ2n) is 8.31. The first-order valence-corrected chi connectivity index (χ1v) is 11.5. The van der Waals surface area contributed by atoms with Gasteiger partial charge in [0.2, 0.25) is 5.91 Å². The molecule has 3 aromatic carbocycles. The molecule has 3 rings (SSSR count). The first-order valence-electron chi connectivity index (χ1n) is 11.5. The number of para-hydroxylation sites is 2. The van der Waals surface area contributed by atoms with Crippen LogP contribution in [0.15, 0.2) is 78.9 Å². The number of aromatic hydroxyl groups is 1. The molecule has 0 spiro atoms. The van der Waals surface area contributed by atoms with Crippen molar-refractivity contribution < 1.29 is 29.0 Å². The number of ether oxygens (including phenoxy) is 2. The molecule has 0 aliphatic carbocycles. The topological polar surface area (TPSA) is 140 Å². The van der Waals surface area contributed by atoms with Crippen LogP contribution < -0.4 is 21.1 Å². The number of hydrogen-bond acceptors (Lipinski definition) is 7. The molecule has 0 bridgehead atoms. The molecule has 0 radical (unpaired) electrons. The van der Waals surface area contributed by atoms with E-state index in [2.05, 4.69) is 10.6 Å². The minimum absolute atomic E-state index is 0.0897. The molecule has 0 fully saturated rings. The first kappa shape index (κ1) is 26.8.